The van der Waals surface area contributed by atoms with Crippen LogP contribution in [-0.4, -0.2) is 61.7 Å². The third kappa shape index (κ3) is 9.52. The summed E-state index contributed by atoms with van der Waals surface area (Å²) in [6, 6.07) is 0. The van der Waals surface area contributed by atoms with Gasteiger partial charge in [-0.3, -0.25) is 4.68 Å². The maximum Gasteiger partial charge on any atom is 0.108 e. The number of ether oxygens (including phenoxy) is 4. The van der Waals surface area contributed by atoms with Crippen LogP contribution in [0.25, 0.3) is 0 Å². The molecule has 0 spiro atoms. The molecule has 7 nitrogen and oxygen atoms in total. The lowest BCUT2D eigenvalue weighted by Crippen LogP contribution is -2.11. The van der Waals surface area contributed by atoms with Gasteiger partial charge in [-0.15, -0.1) is 5.10 Å². The smallest absolute Gasteiger partial charge is 0.108 e. The minimum absolute atomic E-state index is 0.472. The van der Waals surface area contributed by atoms with E-state index in [0.717, 1.165) is 25.1 Å². The van der Waals surface area contributed by atoms with E-state index in [1.807, 2.05) is 10.9 Å². The molecule has 0 aliphatic carbocycles. The van der Waals surface area contributed by atoms with Gasteiger partial charge in [0, 0.05) is 13.7 Å². The van der Waals surface area contributed by atoms with Crippen LogP contribution in [0.2, 0.25) is 0 Å². The zero-order chi connectivity index (χ0) is 15.2. The number of hydrogen-bond donors (Lipinski definition) is 0. The van der Waals surface area contributed by atoms with Crippen LogP contribution >= 0.6 is 0 Å². The highest BCUT2D eigenvalue weighted by Gasteiger charge is 2.00. The van der Waals surface area contributed by atoms with Crippen LogP contribution in [0.5, 0.6) is 0 Å². The van der Waals surface area contributed by atoms with Crippen molar-refractivity contribution in [2.75, 3.05) is 46.8 Å². The predicted molar refractivity (Wildman–Crippen MR) is 78.1 cm³/mol. The number of rotatable bonds is 14. The first kappa shape index (κ1) is 18.0. The molecule has 0 fully saturated rings. The van der Waals surface area contributed by atoms with Gasteiger partial charge in [0.2, 0.25) is 0 Å². The molecule has 0 aliphatic heterocycles. The van der Waals surface area contributed by atoms with Gasteiger partial charge >= 0.3 is 0 Å². The van der Waals surface area contributed by atoms with E-state index in [-0.39, 0.29) is 0 Å². The van der Waals surface area contributed by atoms with Gasteiger partial charge in [0.1, 0.15) is 5.69 Å². The standard InChI is InChI=1S/C14H27N3O4/c1-3-4-5-17-12-14(15-16-17)13-21-11-10-20-9-8-19-7-6-18-2/h12H,3-11,13H2,1-2H3. The van der Waals surface area contributed by atoms with Crippen LogP contribution in [0, 0.1) is 0 Å². The number of aromatic nitrogens is 3. The fourth-order valence-electron chi connectivity index (χ4n) is 1.59. The second-order valence-electron chi connectivity index (χ2n) is 4.60. The minimum Gasteiger partial charge on any atom is -0.382 e. The van der Waals surface area contributed by atoms with E-state index in [9.17, 15) is 0 Å². The molecule has 1 rings (SSSR count). The summed E-state index contributed by atoms with van der Waals surface area (Å²) in [6.45, 7) is 7.00. The zero-order valence-electron chi connectivity index (χ0n) is 13.1. The maximum atomic E-state index is 5.48. The van der Waals surface area contributed by atoms with Crippen molar-refractivity contribution >= 4 is 0 Å². The number of nitrogens with zero attached hydrogens (tertiary/aromatic N) is 3. The van der Waals surface area contributed by atoms with Crippen LogP contribution in [0.1, 0.15) is 25.5 Å². The fourth-order valence-corrected chi connectivity index (χ4v) is 1.59. The lowest BCUT2D eigenvalue weighted by Gasteiger charge is -2.05. The maximum absolute atomic E-state index is 5.48. The van der Waals surface area contributed by atoms with Gasteiger partial charge in [0.05, 0.1) is 52.4 Å². The van der Waals surface area contributed by atoms with Crippen molar-refractivity contribution in [3.8, 4) is 0 Å². The topological polar surface area (TPSA) is 67.6 Å². The normalized spacial score (nSPS) is 11.1. The first-order chi connectivity index (χ1) is 10.4. The summed E-state index contributed by atoms with van der Waals surface area (Å²) in [5.74, 6) is 0. The van der Waals surface area contributed by atoms with E-state index in [0.29, 0.717) is 46.2 Å². The Morgan fingerprint density at radius 1 is 1.00 bits per heavy atom. The van der Waals surface area contributed by atoms with Crippen LogP contribution < -0.4 is 0 Å². The largest absolute Gasteiger partial charge is 0.382 e. The van der Waals surface area contributed by atoms with Crippen molar-refractivity contribution < 1.29 is 18.9 Å². The molecular weight excluding hydrogens is 274 g/mol. The predicted octanol–water partition coefficient (Wildman–Crippen LogP) is 1.27. The molecule has 0 aliphatic rings. The minimum atomic E-state index is 0.472. The van der Waals surface area contributed by atoms with E-state index >= 15 is 0 Å². The summed E-state index contributed by atoms with van der Waals surface area (Å²) in [5.41, 5.74) is 0.856. The van der Waals surface area contributed by atoms with Crippen LogP contribution in [-0.2, 0) is 32.1 Å². The van der Waals surface area contributed by atoms with E-state index in [1.54, 1.807) is 7.11 Å². The molecule has 122 valence electrons. The summed E-state index contributed by atoms with van der Waals surface area (Å²) in [6.07, 6.45) is 4.20. The highest BCUT2D eigenvalue weighted by molar-refractivity contribution is 4.89. The van der Waals surface area contributed by atoms with E-state index in [2.05, 4.69) is 17.2 Å². The van der Waals surface area contributed by atoms with Gasteiger partial charge in [0.15, 0.2) is 0 Å². The Labute approximate surface area is 126 Å². The summed E-state index contributed by atoms with van der Waals surface area (Å²) in [7, 11) is 1.65. The Hall–Kier alpha value is -1.02. The molecule has 1 aromatic rings. The monoisotopic (exact) mass is 301 g/mol. The molecule has 0 radical (unpaired) electrons. The molecule has 1 aromatic heterocycles. The number of unbranched alkanes of at least 4 members (excludes halogenated alkanes) is 1. The van der Waals surface area contributed by atoms with Crippen molar-refractivity contribution in [1.29, 1.82) is 0 Å². The molecule has 7 heteroatoms. The van der Waals surface area contributed by atoms with E-state index < -0.39 is 0 Å². The van der Waals surface area contributed by atoms with Crippen LogP contribution in [0.3, 0.4) is 0 Å². The quantitative estimate of drug-likeness (QED) is 0.482. The second kappa shape index (κ2) is 12.7. The Bertz CT molecular complexity index is 347. The molecule has 0 amide bonds. The van der Waals surface area contributed by atoms with Gasteiger partial charge < -0.3 is 18.9 Å². The summed E-state index contributed by atoms with van der Waals surface area (Å²) < 4.78 is 22.9. The number of aryl methyl sites for hydroxylation is 1. The molecule has 0 N–H and O–H groups in total. The van der Waals surface area contributed by atoms with Gasteiger partial charge in [-0.05, 0) is 6.42 Å². The molecular formula is C14H27N3O4. The average molecular weight is 301 g/mol. The Kier molecular flexibility index (Phi) is 10.9. The lowest BCUT2D eigenvalue weighted by molar-refractivity contribution is 0.000456. The van der Waals surface area contributed by atoms with Gasteiger partial charge in [-0.2, -0.15) is 0 Å². The van der Waals surface area contributed by atoms with E-state index in [1.165, 1.54) is 0 Å². The molecule has 0 saturated heterocycles. The van der Waals surface area contributed by atoms with Crippen molar-refractivity contribution in [1.82, 2.24) is 15.0 Å². The van der Waals surface area contributed by atoms with Crippen LogP contribution in [0.15, 0.2) is 6.20 Å². The first-order valence-electron chi connectivity index (χ1n) is 7.48. The molecule has 0 saturated carbocycles. The highest BCUT2D eigenvalue weighted by atomic mass is 16.6. The zero-order valence-corrected chi connectivity index (χ0v) is 13.1. The summed E-state index contributed by atoms with van der Waals surface area (Å²) in [4.78, 5) is 0. The molecule has 0 bridgehead atoms. The van der Waals surface area contributed by atoms with Gasteiger partial charge in [-0.25, -0.2) is 0 Å². The summed E-state index contributed by atoms with van der Waals surface area (Å²) in [5, 5.41) is 8.11. The van der Waals surface area contributed by atoms with Crippen molar-refractivity contribution in [2.45, 2.75) is 32.9 Å². The molecule has 0 atom stereocenters. The number of hydrogen-bond acceptors (Lipinski definition) is 6. The van der Waals surface area contributed by atoms with Crippen molar-refractivity contribution in [2.24, 2.45) is 0 Å². The molecule has 0 unspecified atom stereocenters. The third-order valence-corrected chi connectivity index (χ3v) is 2.75. The van der Waals surface area contributed by atoms with Crippen LogP contribution in [0.4, 0.5) is 0 Å². The second-order valence-corrected chi connectivity index (χ2v) is 4.60. The number of methoxy groups -OCH3 is 1. The molecule has 1 heterocycles. The average Bonchev–Trinajstić information content (AvgIpc) is 2.95. The van der Waals surface area contributed by atoms with Gasteiger partial charge in [0.25, 0.3) is 0 Å². The van der Waals surface area contributed by atoms with Crippen molar-refractivity contribution in [3.05, 3.63) is 11.9 Å². The molecule has 21 heavy (non-hydrogen) atoms. The fraction of sp³-hybridized carbons (Fsp3) is 0.857. The first-order valence-corrected chi connectivity index (χ1v) is 7.48. The van der Waals surface area contributed by atoms with Gasteiger partial charge in [-0.1, -0.05) is 18.6 Å². The lowest BCUT2D eigenvalue weighted by atomic mass is 10.3. The van der Waals surface area contributed by atoms with Crippen molar-refractivity contribution in [3.63, 3.8) is 0 Å². The Morgan fingerprint density at radius 2 is 1.67 bits per heavy atom. The molecule has 0 aromatic carbocycles. The third-order valence-electron chi connectivity index (χ3n) is 2.75. The van der Waals surface area contributed by atoms with E-state index in [4.69, 9.17) is 18.9 Å². The SMILES string of the molecule is CCCCn1cc(COCCOCCOCCOC)nn1. The summed E-state index contributed by atoms with van der Waals surface area (Å²) >= 11 is 0. The highest BCUT2D eigenvalue weighted by Crippen LogP contribution is 1.98. The Balaban J connectivity index is 1.91. The Morgan fingerprint density at radius 3 is 2.33 bits per heavy atom.